The molecule has 0 aliphatic heterocycles. The number of hydrogen-bond donors (Lipinski definition) is 2. The van der Waals surface area contributed by atoms with Crippen molar-refractivity contribution in [1.29, 1.82) is 0 Å². The molecule has 2 N–H and O–H groups in total. The minimum absolute atomic E-state index is 0.195. The summed E-state index contributed by atoms with van der Waals surface area (Å²) in [6.07, 6.45) is 3.97. The topological polar surface area (TPSA) is 31.6 Å². The zero-order valence-electron chi connectivity index (χ0n) is 11.6. The molecule has 102 valence electrons. The fourth-order valence-electron chi connectivity index (χ4n) is 3.05. The second kappa shape index (κ2) is 4.98. The lowest BCUT2D eigenvalue weighted by Gasteiger charge is -2.17. The van der Waals surface area contributed by atoms with Crippen molar-refractivity contribution in [3.63, 3.8) is 0 Å². The third-order valence-corrected chi connectivity index (χ3v) is 4.00. The van der Waals surface area contributed by atoms with Gasteiger partial charge < -0.3 is 9.97 Å². The van der Waals surface area contributed by atoms with Crippen LogP contribution in [0.2, 0.25) is 0 Å². The maximum absolute atomic E-state index is 3.37. The maximum Gasteiger partial charge on any atom is 0.0647 e. The molecule has 4 aromatic rings. The van der Waals surface area contributed by atoms with Crippen molar-refractivity contribution in [3.05, 3.63) is 96.1 Å². The molecule has 0 aliphatic carbocycles. The van der Waals surface area contributed by atoms with E-state index >= 15 is 0 Å². The minimum Gasteiger partial charge on any atom is -0.364 e. The highest BCUT2D eigenvalue weighted by Crippen LogP contribution is 2.34. The number of benzene rings is 2. The summed E-state index contributed by atoms with van der Waals surface area (Å²) in [7, 11) is 0. The molecule has 2 nitrogen and oxygen atoms in total. The number of hydrogen-bond acceptors (Lipinski definition) is 0. The van der Waals surface area contributed by atoms with Crippen molar-refractivity contribution in [2.45, 2.75) is 5.92 Å². The Bertz CT molecular complexity index is 803. The zero-order valence-corrected chi connectivity index (χ0v) is 11.6. The van der Waals surface area contributed by atoms with Crippen LogP contribution < -0.4 is 0 Å². The van der Waals surface area contributed by atoms with Crippen LogP contribution >= 0.6 is 0 Å². The lowest BCUT2D eigenvalue weighted by Crippen LogP contribution is -2.05. The van der Waals surface area contributed by atoms with Gasteiger partial charge in [-0.15, -0.1) is 0 Å². The molecule has 21 heavy (non-hydrogen) atoms. The molecule has 0 amide bonds. The summed E-state index contributed by atoms with van der Waals surface area (Å²) in [5, 5.41) is 2.58. The zero-order chi connectivity index (χ0) is 14.1. The third kappa shape index (κ3) is 2.05. The van der Waals surface area contributed by atoms with Gasteiger partial charge in [0.15, 0.2) is 0 Å². The van der Waals surface area contributed by atoms with Crippen molar-refractivity contribution in [1.82, 2.24) is 9.97 Å². The van der Waals surface area contributed by atoms with Crippen molar-refractivity contribution in [2.75, 3.05) is 0 Å². The Hall–Kier alpha value is -2.74. The second-order valence-corrected chi connectivity index (χ2v) is 5.25. The van der Waals surface area contributed by atoms with Crippen LogP contribution in [0.4, 0.5) is 0 Å². The maximum atomic E-state index is 3.37. The van der Waals surface area contributed by atoms with Gasteiger partial charge in [0.1, 0.15) is 0 Å². The first-order valence-corrected chi connectivity index (χ1v) is 7.18. The first-order valence-electron chi connectivity index (χ1n) is 7.18. The van der Waals surface area contributed by atoms with E-state index in [0.29, 0.717) is 0 Å². The number of fused-ring (bicyclic) bond motifs is 1. The van der Waals surface area contributed by atoms with E-state index in [-0.39, 0.29) is 5.92 Å². The fourth-order valence-corrected chi connectivity index (χ4v) is 3.05. The van der Waals surface area contributed by atoms with E-state index in [4.69, 9.17) is 0 Å². The lowest BCUT2D eigenvalue weighted by molar-refractivity contribution is 0.906. The van der Waals surface area contributed by atoms with Crippen LogP contribution in [0.5, 0.6) is 0 Å². The van der Waals surface area contributed by atoms with Gasteiger partial charge in [0, 0.05) is 23.8 Å². The van der Waals surface area contributed by atoms with Gasteiger partial charge in [0.2, 0.25) is 0 Å². The monoisotopic (exact) mass is 272 g/mol. The molecule has 0 atom stereocenters. The Morgan fingerprint density at radius 1 is 0.619 bits per heavy atom. The summed E-state index contributed by atoms with van der Waals surface area (Å²) in [5.74, 6) is 0.195. The summed E-state index contributed by atoms with van der Waals surface area (Å²) in [5.41, 5.74) is 3.72. The first-order chi connectivity index (χ1) is 10.4. The summed E-state index contributed by atoms with van der Waals surface area (Å²) in [6.45, 7) is 0. The van der Waals surface area contributed by atoms with Gasteiger partial charge >= 0.3 is 0 Å². The van der Waals surface area contributed by atoms with Gasteiger partial charge in [0.25, 0.3) is 0 Å². The molecule has 2 aromatic carbocycles. The lowest BCUT2D eigenvalue weighted by atomic mass is 9.89. The summed E-state index contributed by atoms with van der Waals surface area (Å²) in [6, 6.07) is 23.5. The van der Waals surface area contributed by atoms with Crippen LogP contribution in [0.3, 0.4) is 0 Å². The van der Waals surface area contributed by atoms with E-state index in [1.165, 1.54) is 27.7 Å². The average molecular weight is 272 g/mol. The highest BCUT2D eigenvalue weighted by atomic mass is 14.7. The van der Waals surface area contributed by atoms with Crippen molar-refractivity contribution >= 4 is 10.8 Å². The van der Waals surface area contributed by atoms with Crippen LogP contribution in [0.25, 0.3) is 10.8 Å². The Morgan fingerprint density at radius 2 is 1.29 bits per heavy atom. The molecule has 2 heterocycles. The van der Waals surface area contributed by atoms with Gasteiger partial charge in [0.05, 0.1) is 5.92 Å². The molecule has 0 fully saturated rings. The third-order valence-electron chi connectivity index (χ3n) is 4.00. The van der Waals surface area contributed by atoms with E-state index in [0.717, 1.165) is 0 Å². The fraction of sp³-hybridized carbons (Fsp3) is 0.0526. The predicted molar refractivity (Wildman–Crippen MR) is 86.5 cm³/mol. The van der Waals surface area contributed by atoms with Gasteiger partial charge in [-0.1, -0.05) is 42.5 Å². The van der Waals surface area contributed by atoms with E-state index in [2.05, 4.69) is 76.7 Å². The SMILES string of the molecule is c1c[nH]c(C(c2ccc[nH]2)c2cccc3ccccc23)c1. The molecule has 0 aliphatic rings. The van der Waals surface area contributed by atoms with Crippen LogP contribution in [-0.4, -0.2) is 9.97 Å². The molecule has 0 spiro atoms. The van der Waals surface area contributed by atoms with Crippen LogP contribution in [0, 0.1) is 0 Å². The number of H-pyrrole nitrogens is 2. The minimum atomic E-state index is 0.195. The highest BCUT2D eigenvalue weighted by Gasteiger charge is 2.20. The molecule has 0 bridgehead atoms. The molecule has 0 unspecified atom stereocenters. The first kappa shape index (κ1) is 12.0. The second-order valence-electron chi connectivity index (χ2n) is 5.25. The van der Waals surface area contributed by atoms with E-state index in [9.17, 15) is 0 Å². The van der Waals surface area contributed by atoms with E-state index in [1.807, 2.05) is 12.4 Å². The molecule has 0 radical (unpaired) electrons. The molecule has 0 saturated carbocycles. The van der Waals surface area contributed by atoms with Crippen LogP contribution in [0.1, 0.15) is 22.9 Å². The molecule has 2 heteroatoms. The smallest absolute Gasteiger partial charge is 0.0647 e. The number of aromatic nitrogens is 2. The largest absolute Gasteiger partial charge is 0.364 e. The number of aromatic amines is 2. The van der Waals surface area contributed by atoms with Crippen LogP contribution in [-0.2, 0) is 0 Å². The summed E-state index contributed by atoms with van der Waals surface area (Å²) < 4.78 is 0. The van der Waals surface area contributed by atoms with Gasteiger partial charge in [-0.25, -0.2) is 0 Å². The van der Waals surface area contributed by atoms with Gasteiger partial charge in [-0.05, 0) is 40.6 Å². The Labute approximate surface area is 123 Å². The van der Waals surface area contributed by atoms with Gasteiger partial charge in [-0.2, -0.15) is 0 Å². The standard InChI is InChI=1S/C19H16N2/c1-2-8-15-14(6-1)7-3-9-16(15)19(17-10-4-12-20-17)18-11-5-13-21-18/h1-13,19-21H. The predicted octanol–water partition coefficient (Wildman–Crippen LogP) is 4.68. The number of nitrogens with one attached hydrogen (secondary N) is 2. The highest BCUT2D eigenvalue weighted by molar-refractivity contribution is 5.86. The molecule has 4 rings (SSSR count). The molecule has 2 aromatic heterocycles. The van der Waals surface area contributed by atoms with Gasteiger partial charge in [-0.3, -0.25) is 0 Å². The Balaban J connectivity index is 1.98. The quantitative estimate of drug-likeness (QED) is 0.543. The van der Waals surface area contributed by atoms with Crippen molar-refractivity contribution in [3.8, 4) is 0 Å². The van der Waals surface area contributed by atoms with Crippen molar-refractivity contribution in [2.24, 2.45) is 0 Å². The average Bonchev–Trinajstić information content (AvgIpc) is 3.22. The summed E-state index contributed by atoms with van der Waals surface area (Å²) in [4.78, 5) is 6.74. The normalized spacial score (nSPS) is 11.3. The molecular formula is C19H16N2. The van der Waals surface area contributed by atoms with Crippen molar-refractivity contribution < 1.29 is 0 Å². The molecule has 0 saturated heterocycles. The summed E-state index contributed by atoms with van der Waals surface area (Å²) >= 11 is 0. The Kier molecular flexibility index (Phi) is 2.86. The number of rotatable bonds is 3. The van der Waals surface area contributed by atoms with E-state index in [1.54, 1.807) is 0 Å². The Morgan fingerprint density at radius 3 is 1.95 bits per heavy atom. The molecular weight excluding hydrogens is 256 g/mol. The van der Waals surface area contributed by atoms with Crippen LogP contribution in [0.15, 0.2) is 79.1 Å². The van der Waals surface area contributed by atoms with E-state index < -0.39 is 0 Å².